The number of carbonyl (C=O) groups is 1. The number of fused-ring (bicyclic) bond motifs is 1. The molecule has 0 saturated heterocycles. The summed E-state index contributed by atoms with van der Waals surface area (Å²) in [6, 6.07) is 6.94. The van der Waals surface area contributed by atoms with Crippen LogP contribution in [0.15, 0.2) is 36.4 Å². The third-order valence-corrected chi connectivity index (χ3v) is 3.63. The highest BCUT2D eigenvalue weighted by Gasteiger charge is 2.35. The molecule has 0 fully saturated rings. The summed E-state index contributed by atoms with van der Waals surface area (Å²) >= 11 is 0. The Morgan fingerprint density at radius 3 is 2.50 bits per heavy atom. The average molecular weight is 366 g/mol. The second-order valence-corrected chi connectivity index (χ2v) is 5.59. The summed E-state index contributed by atoms with van der Waals surface area (Å²) in [6.45, 7) is 2.23. The normalized spacial score (nSPS) is 11.7. The van der Waals surface area contributed by atoms with Crippen molar-refractivity contribution in [3.63, 3.8) is 0 Å². The van der Waals surface area contributed by atoms with Gasteiger partial charge in [-0.15, -0.1) is 0 Å². The van der Waals surface area contributed by atoms with Crippen molar-refractivity contribution < 1.29 is 22.4 Å². The zero-order chi connectivity index (χ0) is 18.9. The minimum absolute atomic E-state index is 0.00485. The van der Waals surface area contributed by atoms with Crippen molar-refractivity contribution in [1.29, 1.82) is 0 Å². The molecule has 1 amide bonds. The molecule has 0 aliphatic rings. The molecule has 0 saturated carbocycles. The van der Waals surface area contributed by atoms with E-state index >= 15 is 0 Å². The minimum atomic E-state index is -4.71. The number of hydrogen-bond acceptors (Lipinski definition) is 3. The number of rotatable bonds is 4. The van der Waals surface area contributed by atoms with Crippen LogP contribution in [0.1, 0.15) is 29.5 Å². The van der Waals surface area contributed by atoms with Crippen molar-refractivity contribution in [2.45, 2.75) is 19.5 Å². The largest absolute Gasteiger partial charge is 0.433 e. The van der Waals surface area contributed by atoms with E-state index in [4.69, 9.17) is 0 Å². The van der Waals surface area contributed by atoms with Crippen molar-refractivity contribution in [3.8, 4) is 11.3 Å². The molecule has 9 heteroatoms. The molecule has 136 valence electrons. The van der Waals surface area contributed by atoms with Gasteiger partial charge in [0.05, 0.1) is 5.69 Å². The van der Waals surface area contributed by atoms with Crippen LogP contribution in [0.3, 0.4) is 0 Å². The van der Waals surface area contributed by atoms with Crippen LogP contribution >= 0.6 is 0 Å². The second kappa shape index (κ2) is 6.74. The van der Waals surface area contributed by atoms with Gasteiger partial charge in [-0.25, -0.2) is 13.9 Å². The Balaban J connectivity index is 2.14. The van der Waals surface area contributed by atoms with Gasteiger partial charge in [-0.3, -0.25) is 4.79 Å². The molecule has 0 atom stereocenters. The summed E-state index contributed by atoms with van der Waals surface area (Å²) in [7, 11) is 0. The summed E-state index contributed by atoms with van der Waals surface area (Å²) in [6.07, 6.45) is -4.03. The first kappa shape index (κ1) is 17.8. The molecule has 3 rings (SSSR count). The fourth-order valence-electron chi connectivity index (χ4n) is 2.38. The van der Waals surface area contributed by atoms with Gasteiger partial charge in [-0.1, -0.05) is 6.92 Å². The molecular formula is C17H14F4N4O. The first-order valence-corrected chi connectivity index (χ1v) is 7.81. The molecule has 0 spiro atoms. The predicted molar refractivity (Wildman–Crippen MR) is 86.0 cm³/mol. The number of halogens is 4. The Kier molecular flexibility index (Phi) is 4.62. The van der Waals surface area contributed by atoms with Crippen molar-refractivity contribution in [2.24, 2.45) is 0 Å². The number of amides is 1. The molecule has 1 N–H and O–H groups in total. The third kappa shape index (κ3) is 3.51. The molecule has 0 aliphatic heterocycles. The van der Waals surface area contributed by atoms with E-state index in [0.29, 0.717) is 23.0 Å². The van der Waals surface area contributed by atoms with E-state index in [2.05, 4.69) is 15.4 Å². The van der Waals surface area contributed by atoms with E-state index in [-0.39, 0.29) is 17.0 Å². The standard InChI is InChI=1S/C17H14F4N4O/c1-2-7-22-16(26)13-9-15-23-12(10-3-5-11(18)6-4-10)8-14(17(19,20)21)25(15)24-13/h3-6,8-9H,2,7H2,1H3,(H,22,26). The molecule has 0 unspecified atom stereocenters. The average Bonchev–Trinajstić information content (AvgIpc) is 3.02. The summed E-state index contributed by atoms with van der Waals surface area (Å²) in [5.74, 6) is -1.08. The van der Waals surface area contributed by atoms with Crippen LogP contribution in [0, 0.1) is 5.82 Å². The second-order valence-electron chi connectivity index (χ2n) is 5.59. The van der Waals surface area contributed by atoms with Crippen LogP contribution < -0.4 is 5.32 Å². The highest BCUT2D eigenvalue weighted by molar-refractivity contribution is 5.93. The van der Waals surface area contributed by atoms with Crippen LogP contribution in [0.4, 0.5) is 17.6 Å². The fraction of sp³-hybridized carbons (Fsp3) is 0.235. The molecule has 0 radical (unpaired) electrons. The molecule has 3 aromatic rings. The number of hydrogen-bond donors (Lipinski definition) is 1. The maximum atomic E-state index is 13.4. The number of alkyl halides is 3. The molecule has 2 heterocycles. The van der Waals surface area contributed by atoms with Gasteiger partial charge in [0.1, 0.15) is 5.82 Å². The zero-order valence-corrected chi connectivity index (χ0v) is 13.6. The van der Waals surface area contributed by atoms with Gasteiger partial charge >= 0.3 is 6.18 Å². The van der Waals surface area contributed by atoms with Crippen LogP contribution in [0.25, 0.3) is 16.9 Å². The van der Waals surface area contributed by atoms with Gasteiger partial charge in [0.2, 0.25) is 0 Å². The van der Waals surface area contributed by atoms with Crippen molar-refractivity contribution in [1.82, 2.24) is 19.9 Å². The molecular weight excluding hydrogens is 352 g/mol. The Hall–Kier alpha value is -2.97. The summed E-state index contributed by atoms with van der Waals surface area (Å²) in [5.41, 5.74) is -1.03. The smallest absolute Gasteiger partial charge is 0.351 e. The molecule has 5 nitrogen and oxygen atoms in total. The first-order valence-electron chi connectivity index (χ1n) is 7.81. The molecule has 2 aromatic heterocycles. The zero-order valence-electron chi connectivity index (χ0n) is 13.6. The molecule has 0 aliphatic carbocycles. The number of benzene rings is 1. The number of aromatic nitrogens is 3. The number of carbonyl (C=O) groups excluding carboxylic acids is 1. The Bertz CT molecular complexity index is 948. The monoisotopic (exact) mass is 366 g/mol. The van der Waals surface area contributed by atoms with E-state index in [1.54, 1.807) is 0 Å². The quantitative estimate of drug-likeness (QED) is 0.717. The number of nitrogens with zero attached hydrogens (tertiary/aromatic N) is 3. The SMILES string of the molecule is CCCNC(=O)c1cc2nc(-c3ccc(F)cc3)cc(C(F)(F)F)n2n1. The van der Waals surface area contributed by atoms with Crippen LogP contribution in [0.2, 0.25) is 0 Å². The minimum Gasteiger partial charge on any atom is -0.351 e. The summed E-state index contributed by atoms with van der Waals surface area (Å²) in [5, 5.41) is 6.30. The predicted octanol–water partition coefficient (Wildman–Crippen LogP) is 3.69. The van der Waals surface area contributed by atoms with Gasteiger partial charge in [-0.2, -0.15) is 18.3 Å². The van der Waals surface area contributed by atoms with Crippen molar-refractivity contribution in [3.05, 3.63) is 53.6 Å². The Labute approximate surface area is 145 Å². The van der Waals surface area contributed by atoms with Crippen molar-refractivity contribution in [2.75, 3.05) is 6.54 Å². The summed E-state index contributed by atoms with van der Waals surface area (Å²) in [4.78, 5) is 16.1. The van der Waals surface area contributed by atoms with E-state index in [1.165, 1.54) is 18.2 Å². The fourth-order valence-corrected chi connectivity index (χ4v) is 2.38. The van der Waals surface area contributed by atoms with E-state index in [0.717, 1.165) is 18.2 Å². The van der Waals surface area contributed by atoms with Crippen LogP contribution in [-0.4, -0.2) is 27.0 Å². The van der Waals surface area contributed by atoms with Crippen molar-refractivity contribution >= 4 is 11.6 Å². The number of nitrogens with one attached hydrogen (secondary N) is 1. The Morgan fingerprint density at radius 1 is 1.19 bits per heavy atom. The topological polar surface area (TPSA) is 59.3 Å². The lowest BCUT2D eigenvalue weighted by molar-refractivity contribution is -0.142. The maximum Gasteiger partial charge on any atom is 0.433 e. The lowest BCUT2D eigenvalue weighted by Gasteiger charge is -2.11. The lowest BCUT2D eigenvalue weighted by atomic mass is 10.1. The molecule has 26 heavy (non-hydrogen) atoms. The van der Waals surface area contributed by atoms with E-state index in [9.17, 15) is 22.4 Å². The highest BCUT2D eigenvalue weighted by atomic mass is 19.4. The van der Waals surface area contributed by atoms with Gasteiger partial charge in [0.25, 0.3) is 5.91 Å². The summed E-state index contributed by atoms with van der Waals surface area (Å²) < 4.78 is 54.0. The van der Waals surface area contributed by atoms with Gasteiger partial charge in [-0.05, 0) is 36.8 Å². The van der Waals surface area contributed by atoms with E-state index in [1.807, 2.05) is 6.92 Å². The Morgan fingerprint density at radius 2 is 1.88 bits per heavy atom. The van der Waals surface area contributed by atoms with Gasteiger partial charge < -0.3 is 5.32 Å². The highest BCUT2D eigenvalue weighted by Crippen LogP contribution is 2.32. The van der Waals surface area contributed by atoms with Gasteiger partial charge in [0, 0.05) is 18.2 Å². The molecule has 1 aromatic carbocycles. The maximum absolute atomic E-state index is 13.4. The first-order chi connectivity index (χ1) is 12.3. The van der Waals surface area contributed by atoms with Crippen LogP contribution in [-0.2, 0) is 6.18 Å². The van der Waals surface area contributed by atoms with Gasteiger partial charge in [0.15, 0.2) is 17.0 Å². The molecule has 0 bridgehead atoms. The lowest BCUT2D eigenvalue weighted by Crippen LogP contribution is -2.24. The van der Waals surface area contributed by atoms with E-state index < -0.39 is 23.6 Å². The third-order valence-electron chi connectivity index (χ3n) is 3.63. The van der Waals surface area contributed by atoms with Crippen LogP contribution in [0.5, 0.6) is 0 Å².